The van der Waals surface area contributed by atoms with E-state index in [1.165, 1.54) is 98.8 Å². The smallest absolute Gasteiger partial charge is 0.0635 e. The van der Waals surface area contributed by atoms with Gasteiger partial charge in [0.05, 0.1) is 16.6 Å². The molecule has 0 aliphatic rings. The number of nitrogens with zero attached hydrogens (tertiary/aromatic N) is 2. The fourth-order valence-electron chi connectivity index (χ4n) is 9.65. The van der Waals surface area contributed by atoms with Gasteiger partial charge in [0.25, 0.3) is 0 Å². The van der Waals surface area contributed by atoms with Crippen molar-refractivity contribution in [3.8, 4) is 55.9 Å². The number of hydrogen-bond donors (Lipinski definition) is 0. The highest BCUT2D eigenvalue weighted by Crippen LogP contribution is 2.44. The fourth-order valence-corrected chi connectivity index (χ4v) is 9.65. The molecule has 2 aromatic heterocycles. The van der Waals surface area contributed by atoms with Gasteiger partial charge >= 0.3 is 0 Å². The average molecular weight is 763 g/mol. The lowest BCUT2D eigenvalue weighted by atomic mass is 9.86. The van der Waals surface area contributed by atoms with Crippen molar-refractivity contribution in [2.24, 2.45) is 0 Å². The lowest BCUT2D eigenvalue weighted by molar-refractivity contribution is 1.13. The van der Waals surface area contributed by atoms with Crippen LogP contribution in [0.5, 0.6) is 0 Å². The molecule has 0 bridgehead atoms. The molecule has 0 atom stereocenters. The van der Waals surface area contributed by atoms with E-state index in [-0.39, 0.29) is 0 Å². The van der Waals surface area contributed by atoms with Gasteiger partial charge in [0, 0.05) is 33.7 Å². The number of benzene rings is 10. The van der Waals surface area contributed by atoms with Crippen LogP contribution in [0.4, 0.5) is 0 Å². The Hall–Kier alpha value is -7.94. The van der Waals surface area contributed by atoms with Gasteiger partial charge in [-0.15, -0.1) is 0 Å². The van der Waals surface area contributed by atoms with Crippen LogP contribution in [0.2, 0.25) is 0 Å². The van der Waals surface area contributed by atoms with Crippen molar-refractivity contribution in [2.75, 3.05) is 0 Å². The van der Waals surface area contributed by atoms with Gasteiger partial charge in [-0.05, 0) is 115 Å². The first-order chi connectivity index (χ1) is 29.8. The third kappa shape index (κ3) is 5.42. The van der Waals surface area contributed by atoms with Gasteiger partial charge in [-0.2, -0.15) is 0 Å². The SMILES string of the molecule is c1ccc(-c2cc(-c3ccccc3)cc(-n3ccc4c3ccc3c5ccccc5n(-c5ccc(-c6c7ccccc7c(-c7ccccc7)c7ccccc67)cc5)c34)c2)cc1. The van der Waals surface area contributed by atoms with Crippen LogP contribution in [-0.4, -0.2) is 9.13 Å². The molecular weight excluding hydrogens is 725 g/mol. The highest BCUT2D eigenvalue weighted by Gasteiger charge is 2.20. The van der Waals surface area contributed by atoms with E-state index in [1.54, 1.807) is 0 Å². The Kier molecular flexibility index (Phi) is 7.89. The largest absolute Gasteiger partial charge is 0.316 e. The first kappa shape index (κ1) is 34.1. The van der Waals surface area contributed by atoms with Crippen molar-refractivity contribution < 1.29 is 0 Å². The molecule has 2 heteroatoms. The average Bonchev–Trinajstić information content (AvgIpc) is 3.91. The van der Waals surface area contributed by atoms with Gasteiger partial charge in [-0.25, -0.2) is 0 Å². The molecule has 280 valence electrons. The molecule has 2 nitrogen and oxygen atoms in total. The van der Waals surface area contributed by atoms with Gasteiger partial charge in [-0.3, -0.25) is 0 Å². The second-order valence-corrected chi connectivity index (χ2v) is 15.7. The molecule has 12 rings (SSSR count). The summed E-state index contributed by atoms with van der Waals surface area (Å²) in [6.07, 6.45) is 2.24. The summed E-state index contributed by atoms with van der Waals surface area (Å²) in [5.74, 6) is 0. The molecule has 0 fully saturated rings. The Balaban J connectivity index is 1.04. The Labute approximate surface area is 348 Å². The van der Waals surface area contributed by atoms with Crippen LogP contribution < -0.4 is 0 Å². The highest BCUT2D eigenvalue weighted by molar-refractivity contribution is 6.22. The lowest BCUT2D eigenvalue weighted by Crippen LogP contribution is -1.96. The predicted molar refractivity (Wildman–Crippen MR) is 254 cm³/mol. The van der Waals surface area contributed by atoms with Crippen LogP contribution in [0.25, 0.3) is 110 Å². The first-order valence-corrected chi connectivity index (χ1v) is 20.7. The fraction of sp³-hybridized carbons (Fsp3) is 0. The first-order valence-electron chi connectivity index (χ1n) is 20.7. The summed E-state index contributed by atoms with van der Waals surface area (Å²) in [4.78, 5) is 0. The molecule has 0 N–H and O–H groups in total. The number of hydrogen-bond acceptors (Lipinski definition) is 0. The molecule has 0 aliphatic heterocycles. The van der Waals surface area contributed by atoms with E-state index < -0.39 is 0 Å². The zero-order valence-corrected chi connectivity index (χ0v) is 32.8. The molecule has 0 radical (unpaired) electrons. The van der Waals surface area contributed by atoms with E-state index in [0.29, 0.717) is 0 Å². The van der Waals surface area contributed by atoms with Gasteiger partial charge in [0.2, 0.25) is 0 Å². The second-order valence-electron chi connectivity index (χ2n) is 15.7. The quantitative estimate of drug-likeness (QED) is 0.149. The Morgan fingerprint density at radius 3 is 1.27 bits per heavy atom. The minimum atomic E-state index is 1.13. The Morgan fingerprint density at radius 1 is 0.250 bits per heavy atom. The van der Waals surface area contributed by atoms with E-state index in [0.717, 1.165) is 11.4 Å². The maximum absolute atomic E-state index is 2.46. The summed E-state index contributed by atoms with van der Waals surface area (Å²) < 4.78 is 4.82. The van der Waals surface area contributed by atoms with Crippen LogP contribution in [0, 0.1) is 0 Å². The number of aromatic nitrogens is 2. The molecule has 0 saturated carbocycles. The number of fused-ring (bicyclic) bond motifs is 7. The van der Waals surface area contributed by atoms with Gasteiger partial charge < -0.3 is 9.13 Å². The molecule has 0 aliphatic carbocycles. The summed E-state index contributed by atoms with van der Waals surface area (Å²) in [6, 6.07) is 81.9. The van der Waals surface area contributed by atoms with E-state index in [4.69, 9.17) is 0 Å². The summed E-state index contributed by atoms with van der Waals surface area (Å²) >= 11 is 0. The third-order valence-corrected chi connectivity index (χ3v) is 12.3. The van der Waals surface area contributed by atoms with Gasteiger partial charge in [0.1, 0.15) is 0 Å². The second kappa shape index (κ2) is 13.9. The number of rotatable bonds is 6. The minimum absolute atomic E-state index is 1.13. The normalized spacial score (nSPS) is 11.7. The van der Waals surface area contributed by atoms with Crippen LogP contribution in [0.3, 0.4) is 0 Å². The zero-order valence-electron chi connectivity index (χ0n) is 32.8. The van der Waals surface area contributed by atoms with E-state index in [9.17, 15) is 0 Å². The molecule has 0 saturated heterocycles. The van der Waals surface area contributed by atoms with E-state index in [1.807, 2.05) is 0 Å². The molecule has 60 heavy (non-hydrogen) atoms. The van der Waals surface area contributed by atoms with Crippen molar-refractivity contribution in [3.05, 3.63) is 231 Å². The van der Waals surface area contributed by atoms with Crippen molar-refractivity contribution in [3.63, 3.8) is 0 Å². The molecule has 0 spiro atoms. The lowest BCUT2D eigenvalue weighted by Gasteiger charge is -2.18. The van der Waals surface area contributed by atoms with Crippen LogP contribution in [0.15, 0.2) is 231 Å². The standard InChI is InChI=1S/C58H38N2/c1-4-16-39(17-5-1)43-36-44(40-18-6-2-7-19-40)38-46(37-43)59-35-34-53-54(59)33-32-52-47-22-14-15-27-55(47)60(58(52)53)45-30-28-42(29-31-45)57-50-25-12-10-23-48(50)56(41-20-8-3-9-21-41)49-24-11-13-26-51(49)57/h1-38H. The molecule has 10 aromatic carbocycles. The van der Waals surface area contributed by atoms with Crippen molar-refractivity contribution >= 4 is 54.3 Å². The summed E-state index contributed by atoms with van der Waals surface area (Å²) in [7, 11) is 0. The van der Waals surface area contributed by atoms with E-state index >= 15 is 0 Å². The zero-order chi connectivity index (χ0) is 39.6. The summed E-state index contributed by atoms with van der Waals surface area (Å²) in [6.45, 7) is 0. The maximum atomic E-state index is 2.46. The van der Waals surface area contributed by atoms with Gasteiger partial charge in [-0.1, -0.05) is 176 Å². The monoisotopic (exact) mass is 762 g/mol. The molecule has 0 unspecified atom stereocenters. The van der Waals surface area contributed by atoms with Crippen LogP contribution in [-0.2, 0) is 0 Å². The Morgan fingerprint density at radius 2 is 0.717 bits per heavy atom. The van der Waals surface area contributed by atoms with Crippen molar-refractivity contribution in [2.45, 2.75) is 0 Å². The van der Waals surface area contributed by atoms with Crippen molar-refractivity contribution in [1.82, 2.24) is 9.13 Å². The van der Waals surface area contributed by atoms with Crippen LogP contribution >= 0.6 is 0 Å². The molecule has 0 amide bonds. The molecule has 12 aromatic rings. The number of para-hydroxylation sites is 1. The molecule has 2 heterocycles. The summed E-state index contributed by atoms with van der Waals surface area (Å²) in [5.41, 5.74) is 15.6. The van der Waals surface area contributed by atoms with E-state index in [2.05, 4.69) is 240 Å². The van der Waals surface area contributed by atoms with Crippen LogP contribution in [0.1, 0.15) is 0 Å². The summed E-state index contributed by atoms with van der Waals surface area (Å²) in [5, 5.41) is 8.76. The third-order valence-electron chi connectivity index (χ3n) is 12.3. The topological polar surface area (TPSA) is 9.86 Å². The van der Waals surface area contributed by atoms with Gasteiger partial charge in [0.15, 0.2) is 0 Å². The van der Waals surface area contributed by atoms with Crippen molar-refractivity contribution in [1.29, 1.82) is 0 Å². The minimum Gasteiger partial charge on any atom is -0.316 e. The maximum Gasteiger partial charge on any atom is 0.0635 e. The molecular formula is C58H38N2. The predicted octanol–water partition coefficient (Wildman–Crippen LogP) is 15.7. The highest BCUT2D eigenvalue weighted by atomic mass is 15.0. The Bertz CT molecular complexity index is 3440.